The Kier molecular flexibility index (Phi) is 3.12. The molecule has 2 N–H and O–H groups in total. The van der Waals surface area contributed by atoms with Crippen LogP contribution in [-0.2, 0) is 7.05 Å². The Hall–Kier alpha value is -2.74. The third-order valence-electron chi connectivity index (χ3n) is 3.72. The summed E-state index contributed by atoms with van der Waals surface area (Å²) in [5.74, 6) is 1.57. The van der Waals surface area contributed by atoms with Crippen LogP contribution in [0.15, 0.2) is 24.7 Å². The van der Waals surface area contributed by atoms with Crippen molar-refractivity contribution in [3.05, 3.63) is 24.7 Å². The molecule has 4 heterocycles. The summed E-state index contributed by atoms with van der Waals surface area (Å²) in [6.07, 6.45) is 3.55. The van der Waals surface area contributed by atoms with Crippen LogP contribution in [0.1, 0.15) is 0 Å². The molecule has 23 heavy (non-hydrogen) atoms. The molecule has 0 atom stereocenters. The summed E-state index contributed by atoms with van der Waals surface area (Å²) in [7, 11) is 5.68. The van der Waals surface area contributed by atoms with E-state index in [4.69, 9.17) is 4.98 Å². The fourth-order valence-electron chi connectivity index (χ4n) is 2.65. The molecule has 116 valence electrons. The van der Waals surface area contributed by atoms with E-state index in [0.717, 1.165) is 43.6 Å². The number of pyridine rings is 2. The molecule has 0 radical (unpaired) electrons. The lowest BCUT2D eigenvalue weighted by Crippen LogP contribution is -1.95. The van der Waals surface area contributed by atoms with Crippen LogP contribution in [0, 0.1) is 0 Å². The second-order valence-corrected chi connectivity index (χ2v) is 6.06. The fraction of sp³-hybridized carbons (Fsp3) is 0.200. The third-order valence-corrected chi connectivity index (χ3v) is 4.70. The number of rotatable bonds is 3. The molecule has 0 aromatic carbocycles. The Bertz CT molecular complexity index is 1020. The number of aryl methyl sites for hydroxylation is 1. The van der Waals surface area contributed by atoms with Gasteiger partial charge in [-0.1, -0.05) is 11.3 Å². The minimum atomic E-state index is 0.767. The van der Waals surface area contributed by atoms with Crippen LogP contribution in [0.25, 0.3) is 32.0 Å². The van der Waals surface area contributed by atoms with Crippen molar-refractivity contribution >= 4 is 44.4 Å². The van der Waals surface area contributed by atoms with Gasteiger partial charge in [-0.3, -0.25) is 0 Å². The maximum Gasteiger partial charge on any atom is 0.155 e. The number of hydrogen-bond donors (Lipinski definition) is 2. The molecule has 0 bridgehead atoms. The van der Waals surface area contributed by atoms with Gasteiger partial charge in [0.25, 0.3) is 0 Å². The number of hydrogen-bond acceptors (Lipinski definition) is 7. The van der Waals surface area contributed by atoms with Gasteiger partial charge >= 0.3 is 0 Å². The molecule has 0 fully saturated rings. The minimum absolute atomic E-state index is 0.767. The summed E-state index contributed by atoms with van der Waals surface area (Å²) in [6.45, 7) is 0. The third kappa shape index (κ3) is 2.02. The van der Waals surface area contributed by atoms with Crippen molar-refractivity contribution in [2.24, 2.45) is 7.05 Å². The number of imidazole rings is 1. The van der Waals surface area contributed by atoms with Gasteiger partial charge in [0.15, 0.2) is 5.82 Å². The molecular weight excluding hydrogens is 310 g/mol. The van der Waals surface area contributed by atoms with Gasteiger partial charge in [-0.25, -0.2) is 19.9 Å². The number of aromatic nitrogens is 5. The summed E-state index contributed by atoms with van der Waals surface area (Å²) in [5, 5.41) is 7.11. The Balaban J connectivity index is 2.05. The van der Waals surface area contributed by atoms with Crippen molar-refractivity contribution in [3.63, 3.8) is 0 Å². The molecule has 4 aromatic rings. The Morgan fingerprint density at radius 1 is 1.04 bits per heavy atom. The van der Waals surface area contributed by atoms with Gasteiger partial charge < -0.3 is 15.2 Å². The molecule has 0 aliphatic carbocycles. The second-order valence-electron chi connectivity index (χ2n) is 5.09. The highest BCUT2D eigenvalue weighted by molar-refractivity contribution is 7.21. The number of thiazole rings is 1. The zero-order valence-electron chi connectivity index (χ0n) is 13.0. The predicted molar refractivity (Wildman–Crippen MR) is 94.0 cm³/mol. The standard InChI is InChI=1S/C15H15N7S/c1-16-12-8(5-4-6-18-12)14-20-10-11-9(19-7-22(11)3)13(17-2)21-15(10)23-14/h4-7H,1-3H3,(H,16,18)(H,17,21). The van der Waals surface area contributed by atoms with E-state index in [-0.39, 0.29) is 0 Å². The zero-order chi connectivity index (χ0) is 16.0. The lowest BCUT2D eigenvalue weighted by molar-refractivity contribution is 0.949. The van der Waals surface area contributed by atoms with E-state index in [1.807, 2.05) is 37.8 Å². The number of nitrogens with zero attached hydrogens (tertiary/aromatic N) is 5. The molecule has 0 saturated carbocycles. The van der Waals surface area contributed by atoms with Gasteiger partial charge in [0.2, 0.25) is 0 Å². The van der Waals surface area contributed by atoms with E-state index in [2.05, 4.69) is 25.6 Å². The van der Waals surface area contributed by atoms with Crippen molar-refractivity contribution in [2.75, 3.05) is 24.7 Å². The van der Waals surface area contributed by atoms with Gasteiger partial charge in [-0.2, -0.15) is 0 Å². The zero-order valence-corrected chi connectivity index (χ0v) is 13.8. The van der Waals surface area contributed by atoms with Crippen molar-refractivity contribution < 1.29 is 0 Å². The van der Waals surface area contributed by atoms with Gasteiger partial charge in [0, 0.05) is 27.3 Å². The highest BCUT2D eigenvalue weighted by Gasteiger charge is 2.18. The summed E-state index contributed by atoms with van der Waals surface area (Å²) < 4.78 is 1.98. The van der Waals surface area contributed by atoms with Crippen LogP contribution < -0.4 is 10.6 Å². The van der Waals surface area contributed by atoms with E-state index in [1.54, 1.807) is 23.9 Å². The van der Waals surface area contributed by atoms with Gasteiger partial charge in [-0.15, -0.1) is 0 Å². The van der Waals surface area contributed by atoms with Crippen LogP contribution in [0.5, 0.6) is 0 Å². The molecule has 8 heteroatoms. The predicted octanol–water partition coefficient (Wildman–Crippen LogP) is 2.72. The molecule has 0 unspecified atom stereocenters. The second kappa shape index (κ2) is 5.17. The normalized spacial score (nSPS) is 11.3. The van der Waals surface area contributed by atoms with Crippen LogP contribution >= 0.6 is 11.3 Å². The van der Waals surface area contributed by atoms with E-state index in [9.17, 15) is 0 Å². The molecule has 7 nitrogen and oxygen atoms in total. The highest BCUT2D eigenvalue weighted by atomic mass is 32.1. The van der Waals surface area contributed by atoms with Crippen LogP contribution in [-0.4, -0.2) is 38.6 Å². The molecule has 0 spiro atoms. The lowest BCUT2D eigenvalue weighted by atomic mass is 10.2. The van der Waals surface area contributed by atoms with E-state index < -0.39 is 0 Å². The molecule has 0 aliphatic heterocycles. The van der Waals surface area contributed by atoms with E-state index >= 15 is 0 Å². The number of anilines is 2. The number of nitrogens with one attached hydrogen (secondary N) is 2. The summed E-state index contributed by atoms with van der Waals surface area (Å²) in [4.78, 5) is 19.1. The van der Waals surface area contributed by atoms with Crippen LogP contribution in [0.3, 0.4) is 0 Å². The van der Waals surface area contributed by atoms with Crippen molar-refractivity contribution in [1.29, 1.82) is 0 Å². The molecule has 4 aromatic heterocycles. The molecule has 4 rings (SSSR count). The smallest absolute Gasteiger partial charge is 0.155 e. The lowest BCUT2D eigenvalue weighted by Gasteiger charge is -2.03. The van der Waals surface area contributed by atoms with Gasteiger partial charge in [-0.05, 0) is 12.1 Å². The largest absolute Gasteiger partial charge is 0.373 e. The Morgan fingerprint density at radius 2 is 1.87 bits per heavy atom. The average Bonchev–Trinajstić information content (AvgIpc) is 3.17. The van der Waals surface area contributed by atoms with E-state index in [1.165, 1.54) is 0 Å². The van der Waals surface area contributed by atoms with Crippen LogP contribution in [0.2, 0.25) is 0 Å². The number of fused-ring (bicyclic) bond motifs is 3. The first kappa shape index (κ1) is 13.9. The Morgan fingerprint density at radius 3 is 2.65 bits per heavy atom. The minimum Gasteiger partial charge on any atom is -0.373 e. The van der Waals surface area contributed by atoms with Crippen LogP contribution in [0.4, 0.5) is 11.6 Å². The molecule has 0 aliphatic rings. The quantitative estimate of drug-likeness (QED) is 0.603. The summed E-state index contributed by atoms with van der Waals surface area (Å²) in [6, 6.07) is 3.92. The summed E-state index contributed by atoms with van der Waals surface area (Å²) >= 11 is 1.55. The molecule has 0 saturated heterocycles. The maximum absolute atomic E-state index is 4.82. The van der Waals surface area contributed by atoms with Gasteiger partial charge in [0.1, 0.15) is 32.2 Å². The fourth-order valence-corrected chi connectivity index (χ4v) is 3.62. The van der Waals surface area contributed by atoms with Crippen molar-refractivity contribution in [1.82, 2.24) is 24.5 Å². The average molecular weight is 325 g/mol. The first-order valence-corrected chi connectivity index (χ1v) is 7.97. The Labute approximate surface area is 136 Å². The monoisotopic (exact) mass is 325 g/mol. The maximum atomic E-state index is 4.82. The van der Waals surface area contributed by atoms with Crippen molar-refractivity contribution in [3.8, 4) is 10.6 Å². The summed E-state index contributed by atoms with van der Waals surface area (Å²) in [5.41, 5.74) is 3.65. The molecule has 0 amide bonds. The van der Waals surface area contributed by atoms with Gasteiger partial charge in [0.05, 0.1) is 11.9 Å². The molecular formula is C15H15N7S. The SMILES string of the molecule is CNc1ncccc1-c1nc2c(nc(NC)c3ncn(C)c32)s1. The highest BCUT2D eigenvalue weighted by Crippen LogP contribution is 2.36. The first-order chi connectivity index (χ1) is 11.2. The first-order valence-electron chi connectivity index (χ1n) is 7.15. The topological polar surface area (TPSA) is 80.6 Å². The van der Waals surface area contributed by atoms with E-state index in [0.29, 0.717) is 0 Å². The van der Waals surface area contributed by atoms with Crippen molar-refractivity contribution in [2.45, 2.75) is 0 Å².